The second-order valence-electron chi connectivity index (χ2n) is 12.0. The molecule has 214 valence electrons. The number of benzene rings is 2. The molecular weight excluding hydrogens is 522 g/mol. The number of carbonyl (C=O) groups excluding carboxylic acids is 4. The van der Waals surface area contributed by atoms with Crippen molar-refractivity contribution in [3.63, 3.8) is 0 Å². The number of carbonyl (C=O) groups is 4. The van der Waals surface area contributed by atoms with E-state index in [0.717, 1.165) is 43.3 Å². The molecule has 2 N–H and O–H groups in total. The van der Waals surface area contributed by atoms with Crippen molar-refractivity contribution in [2.45, 2.75) is 69.9 Å². The molecule has 2 bridgehead atoms. The summed E-state index contributed by atoms with van der Waals surface area (Å²) in [7, 11) is 0. The van der Waals surface area contributed by atoms with Crippen LogP contribution in [0.4, 0.5) is 5.69 Å². The summed E-state index contributed by atoms with van der Waals surface area (Å²) in [4.78, 5) is 56.7. The Kier molecular flexibility index (Phi) is 6.64. The smallest absolute Gasteiger partial charge is 0.264 e. The van der Waals surface area contributed by atoms with Crippen LogP contribution in [0.25, 0.3) is 0 Å². The fraction of sp³-hybridized carbons (Fsp3) is 0.484. The minimum atomic E-state index is -0.978. The lowest BCUT2D eigenvalue weighted by Gasteiger charge is -2.50. The number of likely N-dealkylation sites (tertiary alicyclic amines) is 1. The summed E-state index contributed by atoms with van der Waals surface area (Å²) in [5.74, 6) is -2.01. The molecule has 4 fully saturated rings. The van der Waals surface area contributed by atoms with Gasteiger partial charge in [0.15, 0.2) is 0 Å². The minimum absolute atomic E-state index is 0.0947. The lowest BCUT2D eigenvalue weighted by Crippen LogP contribution is -2.64. The van der Waals surface area contributed by atoms with E-state index in [0.29, 0.717) is 30.4 Å². The van der Waals surface area contributed by atoms with E-state index in [1.165, 1.54) is 24.0 Å². The zero-order valence-electron chi connectivity index (χ0n) is 23.2. The first-order valence-corrected chi connectivity index (χ1v) is 14.6. The number of imide groups is 2. The van der Waals surface area contributed by atoms with E-state index in [1.54, 1.807) is 18.2 Å². The quantitative estimate of drug-likeness (QED) is 0.498. The number of rotatable bonds is 7. The molecule has 10 nitrogen and oxygen atoms in total. The van der Waals surface area contributed by atoms with Crippen LogP contribution >= 0.6 is 0 Å². The maximum Gasteiger partial charge on any atom is 0.264 e. The van der Waals surface area contributed by atoms with E-state index in [-0.39, 0.29) is 29.9 Å². The van der Waals surface area contributed by atoms with Crippen molar-refractivity contribution in [1.82, 2.24) is 20.0 Å². The second-order valence-corrected chi connectivity index (χ2v) is 12.0. The molecule has 0 aliphatic carbocycles. The number of aryl methyl sites for hydroxylation is 1. The highest BCUT2D eigenvalue weighted by molar-refractivity contribution is 6.25. The van der Waals surface area contributed by atoms with E-state index in [9.17, 15) is 19.2 Å². The van der Waals surface area contributed by atoms with Gasteiger partial charge in [-0.05, 0) is 55.0 Å². The third-order valence-electron chi connectivity index (χ3n) is 9.41. The number of fused-ring (bicyclic) bond motifs is 3. The van der Waals surface area contributed by atoms with E-state index in [4.69, 9.17) is 4.74 Å². The fourth-order valence-corrected chi connectivity index (χ4v) is 7.26. The van der Waals surface area contributed by atoms with Gasteiger partial charge in [-0.25, -0.2) is 0 Å². The number of nitrogens with zero attached hydrogens (tertiary/aromatic N) is 3. The standard InChI is InChI=1S/C31H35N5O5/c1-18-11-19(5-6-20(18)13-34-14-23(15-34)35-21-7-8-22(35)17-41-16-21)12-32-25-4-2-3-24-28(25)31(40)36(30(24)39)26-9-10-27(37)33-29(26)38/h2-6,11,21-23,26,32H,7-10,12-17H2,1H3,(H,33,37,38). The molecular formula is C31H35N5O5. The summed E-state index contributed by atoms with van der Waals surface area (Å²) in [6, 6.07) is 12.5. The van der Waals surface area contributed by atoms with Crippen molar-refractivity contribution in [1.29, 1.82) is 0 Å². The van der Waals surface area contributed by atoms with E-state index >= 15 is 0 Å². The lowest BCUT2D eigenvalue weighted by molar-refractivity contribution is -0.136. The first kappa shape index (κ1) is 26.3. The molecule has 5 heterocycles. The lowest BCUT2D eigenvalue weighted by atomic mass is 10.00. The van der Waals surface area contributed by atoms with E-state index < -0.39 is 23.8 Å². The number of ether oxygens (including phenoxy) is 1. The van der Waals surface area contributed by atoms with Crippen LogP contribution in [0.1, 0.15) is 63.1 Å². The van der Waals surface area contributed by atoms with Crippen LogP contribution < -0.4 is 10.6 Å². The summed E-state index contributed by atoms with van der Waals surface area (Å²) in [5.41, 5.74) is 4.73. The number of anilines is 1. The zero-order chi connectivity index (χ0) is 28.2. The van der Waals surface area contributed by atoms with Gasteiger partial charge in [0.05, 0.1) is 24.3 Å². The summed E-state index contributed by atoms with van der Waals surface area (Å²) in [6.07, 6.45) is 2.77. The zero-order valence-corrected chi connectivity index (χ0v) is 23.2. The molecule has 4 saturated heterocycles. The average Bonchev–Trinajstić information content (AvgIpc) is 3.32. The molecule has 2 aromatic rings. The van der Waals surface area contributed by atoms with Crippen LogP contribution in [0.5, 0.6) is 0 Å². The van der Waals surface area contributed by atoms with Gasteiger partial charge in [-0.1, -0.05) is 24.3 Å². The summed E-state index contributed by atoms with van der Waals surface area (Å²) in [6.45, 7) is 7.55. The molecule has 10 heteroatoms. The molecule has 7 rings (SSSR count). The molecule has 0 radical (unpaired) electrons. The van der Waals surface area contributed by atoms with Crippen LogP contribution in [0.15, 0.2) is 36.4 Å². The number of hydrogen-bond donors (Lipinski definition) is 2. The molecule has 0 aromatic heterocycles. The number of hydrogen-bond acceptors (Lipinski definition) is 8. The molecule has 0 spiro atoms. The van der Waals surface area contributed by atoms with Crippen molar-refractivity contribution in [2.24, 2.45) is 0 Å². The van der Waals surface area contributed by atoms with Gasteiger partial charge in [0.25, 0.3) is 11.8 Å². The van der Waals surface area contributed by atoms with Gasteiger partial charge in [-0.3, -0.25) is 39.2 Å². The monoisotopic (exact) mass is 557 g/mol. The van der Waals surface area contributed by atoms with Gasteiger partial charge in [0, 0.05) is 56.4 Å². The van der Waals surface area contributed by atoms with Gasteiger partial charge in [0.1, 0.15) is 6.04 Å². The average molecular weight is 558 g/mol. The first-order chi connectivity index (χ1) is 19.9. The Morgan fingerprint density at radius 2 is 1.73 bits per heavy atom. The third kappa shape index (κ3) is 4.64. The van der Waals surface area contributed by atoms with Crippen LogP contribution in [-0.4, -0.2) is 88.8 Å². The van der Waals surface area contributed by atoms with Crippen molar-refractivity contribution < 1.29 is 23.9 Å². The molecule has 3 atom stereocenters. The van der Waals surface area contributed by atoms with Gasteiger partial charge in [0.2, 0.25) is 11.8 Å². The highest BCUT2D eigenvalue weighted by Gasteiger charge is 2.46. The van der Waals surface area contributed by atoms with Gasteiger partial charge in [-0.15, -0.1) is 0 Å². The number of amides is 4. The number of morpholine rings is 1. The van der Waals surface area contributed by atoms with Crippen LogP contribution in [0.2, 0.25) is 0 Å². The number of nitrogens with one attached hydrogen (secondary N) is 2. The molecule has 0 saturated carbocycles. The van der Waals surface area contributed by atoms with Crippen molar-refractivity contribution in [2.75, 3.05) is 31.6 Å². The molecule has 4 amide bonds. The van der Waals surface area contributed by atoms with Crippen molar-refractivity contribution in [3.05, 3.63) is 64.2 Å². The number of piperidine rings is 1. The van der Waals surface area contributed by atoms with Gasteiger partial charge in [-0.2, -0.15) is 0 Å². The van der Waals surface area contributed by atoms with E-state index in [2.05, 4.69) is 45.6 Å². The predicted molar refractivity (Wildman–Crippen MR) is 150 cm³/mol. The Morgan fingerprint density at radius 3 is 2.46 bits per heavy atom. The Bertz CT molecular complexity index is 1420. The normalized spacial score (nSPS) is 26.8. The Labute approximate surface area is 239 Å². The van der Waals surface area contributed by atoms with Crippen LogP contribution in [0, 0.1) is 6.92 Å². The summed E-state index contributed by atoms with van der Waals surface area (Å²) in [5, 5.41) is 5.58. The maximum atomic E-state index is 13.4. The molecule has 41 heavy (non-hydrogen) atoms. The largest absolute Gasteiger partial charge is 0.380 e. The molecule has 5 aliphatic heterocycles. The van der Waals surface area contributed by atoms with Crippen LogP contribution in [-0.2, 0) is 27.4 Å². The van der Waals surface area contributed by atoms with E-state index in [1.807, 2.05) is 0 Å². The second kappa shape index (κ2) is 10.3. The van der Waals surface area contributed by atoms with Crippen molar-refractivity contribution in [3.8, 4) is 0 Å². The molecule has 3 unspecified atom stereocenters. The Balaban J connectivity index is 0.980. The van der Waals surface area contributed by atoms with Crippen LogP contribution in [0.3, 0.4) is 0 Å². The summed E-state index contributed by atoms with van der Waals surface area (Å²) < 4.78 is 5.75. The third-order valence-corrected chi connectivity index (χ3v) is 9.41. The Morgan fingerprint density at radius 1 is 0.951 bits per heavy atom. The van der Waals surface area contributed by atoms with Gasteiger partial charge >= 0.3 is 0 Å². The molecule has 2 aromatic carbocycles. The van der Waals surface area contributed by atoms with Crippen molar-refractivity contribution >= 4 is 29.3 Å². The highest BCUT2D eigenvalue weighted by atomic mass is 16.5. The van der Waals surface area contributed by atoms with Gasteiger partial charge < -0.3 is 10.1 Å². The summed E-state index contributed by atoms with van der Waals surface area (Å²) >= 11 is 0. The minimum Gasteiger partial charge on any atom is -0.380 e. The predicted octanol–water partition coefficient (Wildman–Crippen LogP) is 2.06. The topological polar surface area (TPSA) is 111 Å². The SMILES string of the molecule is Cc1cc(CNc2cccc3c2C(=O)N(C2CCC(=O)NC2=O)C3=O)ccc1CN1CC(N2C3CCC2COC3)C1. The maximum absolute atomic E-state index is 13.4. The fourth-order valence-electron chi connectivity index (χ4n) is 7.26. The first-order valence-electron chi connectivity index (χ1n) is 14.6. The molecule has 5 aliphatic rings. The highest BCUT2D eigenvalue weighted by Crippen LogP contribution is 2.35. The Hall–Kier alpha value is -3.60.